The number of nitrogens with zero attached hydrogens (tertiary/aromatic N) is 5. The van der Waals surface area contributed by atoms with Gasteiger partial charge in [-0.2, -0.15) is 5.26 Å². The van der Waals surface area contributed by atoms with Gasteiger partial charge < -0.3 is 5.73 Å². The Morgan fingerprint density at radius 1 is 1.42 bits per heavy atom. The van der Waals surface area contributed by atoms with Gasteiger partial charge in [0.1, 0.15) is 11.8 Å². The molecule has 0 aromatic carbocycles. The Hall–Kier alpha value is -3.08. The molecular formula is C11H8N6O2. The molecule has 0 atom stereocenters. The molecule has 19 heavy (non-hydrogen) atoms. The molecule has 0 amide bonds. The molecule has 0 bridgehead atoms. The monoisotopic (exact) mass is 256 g/mol. The van der Waals surface area contributed by atoms with Crippen LogP contribution in [0.3, 0.4) is 0 Å². The first-order valence-electron chi connectivity index (χ1n) is 5.17. The molecule has 2 heterocycles. The summed E-state index contributed by atoms with van der Waals surface area (Å²) in [6.45, 7) is 1.47. The Kier molecular flexibility index (Phi) is 3.03. The Balaban J connectivity index is 2.74. The van der Waals surface area contributed by atoms with Crippen LogP contribution in [0.15, 0.2) is 18.5 Å². The molecule has 0 radical (unpaired) electrons. The summed E-state index contributed by atoms with van der Waals surface area (Å²) in [5.74, 6) is -0.0690. The van der Waals surface area contributed by atoms with E-state index < -0.39 is 4.92 Å². The summed E-state index contributed by atoms with van der Waals surface area (Å²) in [5.41, 5.74) is 6.11. The van der Waals surface area contributed by atoms with Crippen LogP contribution in [-0.2, 0) is 0 Å². The number of hydrogen-bond donors (Lipinski definition) is 1. The Morgan fingerprint density at radius 2 is 2.16 bits per heavy atom. The van der Waals surface area contributed by atoms with Gasteiger partial charge in [0.2, 0.25) is 5.95 Å². The number of anilines is 1. The highest BCUT2D eigenvalue weighted by atomic mass is 16.6. The predicted octanol–water partition coefficient (Wildman–Crippen LogP) is 1.21. The van der Waals surface area contributed by atoms with Crippen LogP contribution in [0.4, 0.5) is 11.6 Å². The van der Waals surface area contributed by atoms with E-state index >= 15 is 0 Å². The lowest BCUT2D eigenvalue weighted by Gasteiger charge is -2.05. The molecule has 2 aromatic rings. The summed E-state index contributed by atoms with van der Waals surface area (Å²) < 4.78 is 0. The number of nitrogens with two attached hydrogens (primary N) is 1. The minimum atomic E-state index is -0.580. The van der Waals surface area contributed by atoms with Crippen LogP contribution in [0.5, 0.6) is 0 Å². The third kappa shape index (κ3) is 2.30. The van der Waals surface area contributed by atoms with Gasteiger partial charge in [-0.3, -0.25) is 15.1 Å². The van der Waals surface area contributed by atoms with E-state index in [-0.39, 0.29) is 28.6 Å². The maximum absolute atomic E-state index is 11.1. The molecule has 8 nitrogen and oxygen atoms in total. The number of aromatic nitrogens is 3. The zero-order valence-corrected chi connectivity index (χ0v) is 9.86. The summed E-state index contributed by atoms with van der Waals surface area (Å²) in [4.78, 5) is 22.0. The highest BCUT2D eigenvalue weighted by Gasteiger charge is 2.23. The number of nitro groups is 1. The molecule has 2 aromatic heterocycles. The first-order chi connectivity index (χ1) is 9.02. The first-order valence-corrected chi connectivity index (χ1v) is 5.17. The smallest absolute Gasteiger partial charge is 0.316 e. The van der Waals surface area contributed by atoms with E-state index in [1.165, 1.54) is 25.4 Å². The minimum absolute atomic E-state index is 0.0552. The number of pyridine rings is 1. The molecule has 0 saturated heterocycles. The molecule has 2 N–H and O–H groups in total. The second-order valence-corrected chi connectivity index (χ2v) is 3.70. The highest BCUT2D eigenvalue weighted by molar-refractivity contribution is 5.71. The third-order valence-corrected chi connectivity index (χ3v) is 2.40. The van der Waals surface area contributed by atoms with Crippen molar-refractivity contribution in [3.63, 3.8) is 0 Å². The Bertz CT molecular complexity index is 707. The average molecular weight is 256 g/mol. The lowest BCUT2D eigenvalue weighted by molar-refractivity contribution is -0.385. The van der Waals surface area contributed by atoms with Gasteiger partial charge in [0.25, 0.3) is 0 Å². The SMILES string of the molecule is Cc1nc(N)nc(-c2cncc(C#N)c2)c1[N+](=O)[O-]. The standard InChI is InChI=1S/C11H8N6O2/c1-6-10(17(18)19)9(16-11(13)15-6)8-2-7(3-12)4-14-5-8/h2,4-5H,1H3,(H2,13,15,16). The maximum atomic E-state index is 11.1. The van der Waals surface area contributed by atoms with Crippen molar-refractivity contribution in [1.82, 2.24) is 15.0 Å². The van der Waals surface area contributed by atoms with Gasteiger partial charge in [-0.25, -0.2) is 9.97 Å². The van der Waals surface area contributed by atoms with Crippen molar-refractivity contribution < 1.29 is 4.92 Å². The van der Waals surface area contributed by atoms with E-state index in [1.807, 2.05) is 6.07 Å². The van der Waals surface area contributed by atoms with Gasteiger partial charge in [-0.05, 0) is 13.0 Å². The second-order valence-electron chi connectivity index (χ2n) is 3.70. The lowest BCUT2D eigenvalue weighted by atomic mass is 10.1. The van der Waals surface area contributed by atoms with Crippen LogP contribution in [0, 0.1) is 28.4 Å². The molecule has 0 saturated carbocycles. The maximum Gasteiger partial charge on any atom is 0.316 e. The largest absolute Gasteiger partial charge is 0.368 e. The van der Waals surface area contributed by atoms with Gasteiger partial charge >= 0.3 is 5.69 Å². The number of nitriles is 1. The lowest BCUT2D eigenvalue weighted by Crippen LogP contribution is -2.05. The molecule has 0 spiro atoms. The summed E-state index contributed by atoms with van der Waals surface area (Å²) in [7, 11) is 0. The van der Waals surface area contributed by atoms with Gasteiger partial charge in [-0.15, -0.1) is 0 Å². The van der Waals surface area contributed by atoms with Crippen molar-refractivity contribution in [3.8, 4) is 17.3 Å². The van der Waals surface area contributed by atoms with Gasteiger partial charge in [0, 0.05) is 18.0 Å². The van der Waals surface area contributed by atoms with Crippen LogP contribution >= 0.6 is 0 Å². The van der Waals surface area contributed by atoms with Crippen molar-refractivity contribution >= 4 is 11.6 Å². The van der Waals surface area contributed by atoms with E-state index in [1.54, 1.807) is 0 Å². The summed E-state index contributed by atoms with van der Waals surface area (Å²) in [5, 5.41) is 19.9. The fourth-order valence-corrected chi connectivity index (χ4v) is 1.64. The minimum Gasteiger partial charge on any atom is -0.368 e. The van der Waals surface area contributed by atoms with Crippen LogP contribution in [0.25, 0.3) is 11.3 Å². The molecule has 94 valence electrons. The zero-order valence-electron chi connectivity index (χ0n) is 9.86. The van der Waals surface area contributed by atoms with Gasteiger partial charge in [0.05, 0.1) is 10.5 Å². The zero-order chi connectivity index (χ0) is 14.0. The third-order valence-electron chi connectivity index (χ3n) is 2.40. The second kappa shape index (κ2) is 4.66. The van der Waals surface area contributed by atoms with Crippen molar-refractivity contribution in [1.29, 1.82) is 5.26 Å². The van der Waals surface area contributed by atoms with Crippen molar-refractivity contribution in [3.05, 3.63) is 39.8 Å². The van der Waals surface area contributed by atoms with Crippen molar-refractivity contribution in [2.24, 2.45) is 0 Å². The predicted molar refractivity (Wildman–Crippen MR) is 65.8 cm³/mol. The van der Waals surface area contributed by atoms with E-state index in [0.717, 1.165) is 0 Å². The molecule has 0 fully saturated rings. The fourth-order valence-electron chi connectivity index (χ4n) is 1.64. The highest BCUT2D eigenvalue weighted by Crippen LogP contribution is 2.30. The van der Waals surface area contributed by atoms with E-state index in [4.69, 9.17) is 11.0 Å². The van der Waals surface area contributed by atoms with E-state index in [0.29, 0.717) is 5.56 Å². The number of aryl methyl sites for hydroxylation is 1. The molecule has 0 aliphatic heterocycles. The first kappa shape index (κ1) is 12.4. The van der Waals surface area contributed by atoms with Crippen LogP contribution in [0.2, 0.25) is 0 Å². The number of nitrogen functional groups attached to an aromatic ring is 1. The molecule has 0 unspecified atom stereocenters. The van der Waals surface area contributed by atoms with Gasteiger partial charge in [0.15, 0.2) is 5.69 Å². The van der Waals surface area contributed by atoms with E-state index in [9.17, 15) is 10.1 Å². The molecule has 0 aliphatic rings. The fraction of sp³-hybridized carbons (Fsp3) is 0.0909. The topological polar surface area (TPSA) is 132 Å². The summed E-state index contributed by atoms with van der Waals surface area (Å²) >= 11 is 0. The normalized spacial score (nSPS) is 9.89. The molecular weight excluding hydrogens is 248 g/mol. The van der Waals surface area contributed by atoms with Crippen LogP contribution in [0.1, 0.15) is 11.3 Å². The molecule has 8 heteroatoms. The average Bonchev–Trinajstić information content (AvgIpc) is 2.37. The van der Waals surface area contributed by atoms with Crippen LogP contribution < -0.4 is 5.73 Å². The number of rotatable bonds is 2. The quantitative estimate of drug-likeness (QED) is 0.630. The Morgan fingerprint density at radius 3 is 2.79 bits per heavy atom. The molecule has 0 aliphatic carbocycles. The molecule has 2 rings (SSSR count). The van der Waals surface area contributed by atoms with Crippen LogP contribution in [-0.4, -0.2) is 19.9 Å². The van der Waals surface area contributed by atoms with E-state index in [2.05, 4.69) is 15.0 Å². The summed E-state index contributed by atoms with van der Waals surface area (Å²) in [6.07, 6.45) is 2.74. The number of hydrogen-bond acceptors (Lipinski definition) is 7. The summed E-state index contributed by atoms with van der Waals surface area (Å²) in [6, 6.07) is 3.37. The van der Waals surface area contributed by atoms with Crippen molar-refractivity contribution in [2.45, 2.75) is 6.92 Å². The van der Waals surface area contributed by atoms with Crippen molar-refractivity contribution in [2.75, 3.05) is 5.73 Å². The Labute approximate surface area is 107 Å². The van der Waals surface area contributed by atoms with Gasteiger partial charge in [-0.1, -0.05) is 0 Å².